The highest BCUT2D eigenvalue weighted by Gasteiger charge is 2.29. The minimum atomic E-state index is -3.77. The van der Waals surface area contributed by atoms with Crippen LogP contribution in [0.2, 0.25) is 5.02 Å². The molecular weight excluding hydrogens is 448 g/mol. The number of carbonyl (C=O) groups excluding carboxylic acids is 2. The van der Waals surface area contributed by atoms with Crippen molar-refractivity contribution in [2.75, 3.05) is 29.0 Å². The number of nitrogens with one attached hydrogen (secondary N) is 1. The van der Waals surface area contributed by atoms with Crippen LogP contribution in [-0.2, 0) is 32.4 Å². The monoisotopic (exact) mass is 470 g/mol. The Kier molecular flexibility index (Phi) is 7.05. The molecule has 0 atom stereocenters. The number of fused-ring (bicyclic) bond motifs is 1. The van der Waals surface area contributed by atoms with Gasteiger partial charge in [-0.3, -0.25) is 9.10 Å². The quantitative estimate of drug-likeness (QED) is 0.620. The number of para-hydroxylation sites is 1. The highest BCUT2D eigenvalue weighted by atomic mass is 35.5. The van der Waals surface area contributed by atoms with Gasteiger partial charge >= 0.3 is 5.97 Å². The number of nitrogens with zero attached hydrogens (tertiary/aromatic N) is 1. The lowest BCUT2D eigenvalue weighted by molar-refractivity contribution is -0.114. The number of rotatable bonds is 7. The highest BCUT2D eigenvalue weighted by Crippen LogP contribution is 2.38. The summed E-state index contributed by atoms with van der Waals surface area (Å²) in [6.07, 6.45) is 4.61. The van der Waals surface area contributed by atoms with Crippen molar-refractivity contribution < 1.29 is 22.7 Å². The summed E-state index contributed by atoms with van der Waals surface area (Å²) in [5, 5.41) is 3.35. The second kappa shape index (κ2) is 9.36. The summed E-state index contributed by atoms with van der Waals surface area (Å²) < 4.78 is 30.7. The number of thiophene rings is 1. The van der Waals surface area contributed by atoms with Crippen LogP contribution in [0, 0.1) is 0 Å². The summed E-state index contributed by atoms with van der Waals surface area (Å²) >= 11 is 7.49. The Balaban J connectivity index is 1.89. The van der Waals surface area contributed by atoms with Crippen molar-refractivity contribution >= 4 is 55.5 Å². The molecule has 0 bridgehead atoms. The van der Waals surface area contributed by atoms with E-state index in [0.29, 0.717) is 10.6 Å². The third-order valence-electron chi connectivity index (χ3n) is 4.71. The molecule has 0 saturated heterocycles. The van der Waals surface area contributed by atoms with Gasteiger partial charge in [-0.1, -0.05) is 23.7 Å². The largest absolute Gasteiger partial charge is 0.462 e. The molecule has 1 aliphatic carbocycles. The van der Waals surface area contributed by atoms with Gasteiger partial charge in [0.15, 0.2) is 0 Å². The summed E-state index contributed by atoms with van der Waals surface area (Å²) in [5.74, 6) is -1.04. The molecule has 2 aromatic rings. The molecular formula is C20H23ClN2O5S2. The fourth-order valence-electron chi connectivity index (χ4n) is 3.40. The Morgan fingerprint density at radius 3 is 2.60 bits per heavy atom. The van der Waals surface area contributed by atoms with Crippen LogP contribution in [0.3, 0.4) is 0 Å². The van der Waals surface area contributed by atoms with Crippen molar-refractivity contribution in [3.8, 4) is 0 Å². The smallest absolute Gasteiger partial charge is 0.341 e. The molecule has 0 fully saturated rings. The van der Waals surface area contributed by atoms with E-state index < -0.39 is 28.4 Å². The van der Waals surface area contributed by atoms with Gasteiger partial charge in [0.2, 0.25) is 15.9 Å². The Bertz CT molecular complexity index is 1070. The normalized spacial score (nSPS) is 13.4. The van der Waals surface area contributed by atoms with Crippen molar-refractivity contribution in [2.24, 2.45) is 0 Å². The lowest BCUT2D eigenvalue weighted by Gasteiger charge is -2.22. The molecule has 10 heteroatoms. The van der Waals surface area contributed by atoms with Gasteiger partial charge in [-0.25, -0.2) is 13.2 Å². The number of hydrogen-bond acceptors (Lipinski definition) is 6. The van der Waals surface area contributed by atoms with Gasteiger partial charge in [-0.2, -0.15) is 0 Å². The first-order chi connectivity index (χ1) is 14.2. The molecule has 7 nitrogen and oxygen atoms in total. The van der Waals surface area contributed by atoms with Gasteiger partial charge in [0, 0.05) is 4.88 Å². The zero-order valence-electron chi connectivity index (χ0n) is 16.7. The maximum absolute atomic E-state index is 12.8. The predicted octanol–water partition coefficient (Wildman–Crippen LogP) is 3.86. The SMILES string of the molecule is CCOC(=O)c1c(NC(=O)CN(c2ccccc2Cl)S(C)(=O)=O)sc2c1CCCC2. The van der Waals surface area contributed by atoms with Gasteiger partial charge in [0.05, 0.1) is 29.1 Å². The molecule has 0 unspecified atom stereocenters. The predicted molar refractivity (Wildman–Crippen MR) is 119 cm³/mol. The Hall–Kier alpha value is -2.10. The van der Waals surface area contributed by atoms with Crippen molar-refractivity contribution in [2.45, 2.75) is 32.6 Å². The minimum absolute atomic E-state index is 0.216. The third kappa shape index (κ3) is 4.96. The van der Waals surface area contributed by atoms with E-state index in [-0.39, 0.29) is 17.3 Å². The van der Waals surface area contributed by atoms with E-state index in [1.54, 1.807) is 25.1 Å². The van der Waals surface area contributed by atoms with E-state index in [9.17, 15) is 18.0 Å². The van der Waals surface area contributed by atoms with Crippen LogP contribution in [0.4, 0.5) is 10.7 Å². The molecule has 1 heterocycles. The molecule has 3 rings (SSSR count). The molecule has 1 aromatic heterocycles. The minimum Gasteiger partial charge on any atom is -0.462 e. The molecule has 162 valence electrons. The molecule has 1 aromatic carbocycles. The number of sulfonamides is 1. The highest BCUT2D eigenvalue weighted by molar-refractivity contribution is 7.92. The van der Waals surface area contributed by atoms with Crippen LogP contribution >= 0.6 is 22.9 Å². The van der Waals surface area contributed by atoms with Crippen molar-refractivity contribution in [3.05, 3.63) is 45.3 Å². The van der Waals surface area contributed by atoms with Crippen molar-refractivity contribution in [1.29, 1.82) is 0 Å². The maximum Gasteiger partial charge on any atom is 0.341 e. The number of benzene rings is 1. The van der Waals surface area contributed by atoms with Crippen molar-refractivity contribution in [1.82, 2.24) is 0 Å². The molecule has 0 saturated carbocycles. The van der Waals surface area contributed by atoms with E-state index in [0.717, 1.165) is 46.7 Å². The van der Waals surface area contributed by atoms with Crippen molar-refractivity contribution in [3.63, 3.8) is 0 Å². The van der Waals surface area contributed by atoms with E-state index in [1.165, 1.54) is 17.4 Å². The molecule has 1 amide bonds. The molecule has 1 aliphatic rings. The van der Waals surface area contributed by atoms with Crippen LogP contribution in [0.1, 0.15) is 40.6 Å². The number of anilines is 2. The van der Waals surface area contributed by atoms with Crippen LogP contribution in [0.5, 0.6) is 0 Å². The molecule has 30 heavy (non-hydrogen) atoms. The standard InChI is InChI=1S/C20H23ClN2O5S2/c1-3-28-20(25)18-13-8-4-7-11-16(13)29-19(18)22-17(24)12-23(30(2,26)27)15-10-6-5-9-14(15)21/h5-6,9-10H,3-4,7-8,11-12H2,1-2H3,(H,22,24). The Morgan fingerprint density at radius 2 is 1.93 bits per heavy atom. The first-order valence-corrected chi connectivity index (χ1v) is 12.6. The van der Waals surface area contributed by atoms with Gasteiger partial charge < -0.3 is 10.1 Å². The van der Waals surface area contributed by atoms with Gasteiger partial charge in [0.1, 0.15) is 11.5 Å². The molecule has 0 aliphatic heterocycles. The fraction of sp³-hybridized carbons (Fsp3) is 0.400. The molecule has 1 N–H and O–H groups in total. The number of hydrogen-bond donors (Lipinski definition) is 1. The lowest BCUT2D eigenvalue weighted by Crippen LogP contribution is -2.37. The summed E-state index contributed by atoms with van der Waals surface area (Å²) in [7, 11) is -3.77. The van der Waals surface area contributed by atoms with Gasteiger partial charge in [-0.05, 0) is 50.3 Å². The van der Waals surface area contributed by atoms with Crippen LogP contribution < -0.4 is 9.62 Å². The van der Waals surface area contributed by atoms with Gasteiger partial charge in [0.25, 0.3) is 0 Å². The van der Waals surface area contributed by atoms with Crippen LogP contribution in [0.25, 0.3) is 0 Å². The van der Waals surface area contributed by atoms with E-state index in [1.807, 2.05) is 0 Å². The Labute approximate surface area is 185 Å². The number of amides is 1. The van der Waals surface area contributed by atoms with E-state index in [2.05, 4.69) is 5.32 Å². The topological polar surface area (TPSA) is 92.8 Å². The number of ether oxygens (including phenoxy) is 1. The third-order valence-corrected chi connectivity index (χ3v) is 7.37. The average Bonchev–Trinajstić information content (AvgIpc) is 3.04. The average molecular weight is 471 g/mol. The van der Waals surface area contributed by atoms with E-state index >= 15 is 0 Å². The summed E-state index contributed by atoms with van der Waals surface area (Å²) in [6, 6.07) is 6.40. The first-order valence-electron chi connectivity index (χ1n) is 9.56. The lowest BCUT2D eigenvalue weighted by atomic mass is 9.95. The number of aryl methyl sites for hydroxylation is 1. The van der Waals surface area contributed by atoms with Crippen LogP contribution in [-0.4, -0.2) is 39.7 Å². The zero-order valence-corrected chi connectivity index (χ0v) is 19.1. The van der Waals surface area contributed by atoms with Crippen LogP contribution in [0.15, 0.2) is 24.3 Å². The second-order valence-electron chi connectivity index (χ2n) is 6.90. The maximum atomic E-state index is 12.8. The zero-order chi connectivity index (χ0) is 21.9. The number of esters is 1. The number of carbonyl (C=O) groups is 2. The molecule has 0 spiro atoms. The van der Waals surface area contributed by atoms with E-state index in [4.69, 9.17) is 16.3 Å². The Morgan fingerprint density at radius 1 is 1.23 bits per heavy atom. The molecule has 0 radical (unpaired) electrons. The number of halogens is 1. The first kappa shape index (κ1) is 22.6. The summed E-state index contributed by atoms with van der Waals surface area (Å²) in [4.78, 5) is 26.4. The summed E-state index contributed by atoms with van der Waals surface area (Å²) in [6.45, 7) is 1.49. The van der Waals surface area contributed by atoms with Gasteiger partial charge in [-0.15, -0.1) is 11.3 Å². The second-order valence-corrected chi connectivity index (χ2v) is 10.3. The summed E-state index contributed by atoms with van der Waals surface area (Å²) in [5.41, 5.74) is 1.52. The fourth-order valence-corrected chi connectivity index (χ4v) is 5.85.